The first-order chi connectivity index (χ1) is 13.2. The van der Waals surface area contributed by atoms with Crippen molar-refractivity contribution >= 4 is 24.1 Å². The molecular formula is C21H30ClN5O. The van der Waals surface area contributed by atoms with E-state index in [1.54, 1.807) is 0 Å². The van der Waals surface area contributed by atoms with Crippen molar-refractivity contribution in [2.24, 2.45) is 5.92 Å². The average Bonchev–Trinajstić information content (AvgIpc) is 3.29. The van der Waals surface area contributed by atoms with Gasteiger partial charge in [-0.05, 0) is 44.8 Å². The Hall–Kier alpha value is -1.89. The molecule has 2 saturated heterocycles. The molecule has 0 spiro atoms. The molecule has 4 rings (SSSR count). The third-order valence-electron chi connectivity index (χ3n) is 5.66. The maximum Gasteiger partial charge on any atom is 0.228 e. The van der Waals surface area contributed by atoms with Gasteiger partial charge in [0.2, 0.25) is 5.91 Å². The van der Waals surface area contributed by atoms with E-state index in [4.69, 9.17) is 5.10 Å². The Bertz CT molecular complexity index is 772. The van der Waals surface area contributed by atoms with Crippen molar-refractivity contribution < 1.29 is 4.79 Å². The van der Waals surface area contributed by atoms with Crippen LogP contribution in [0, 0.1) is 12.8 Å². The zero-order valence-electron chi connectivity index (χ0n) is 16.4. The number of halogens is 1. The number of hydrogen-bond acceptors (Lipinski definition) is 4. The van der Waals surface area contributed by atoms with Crippen LogP contribution in [0.5, 0.6) is 0 Å². The molecule has 0 bridgehead atoms. The molecule has 1 aromatic heterocycles. The molecule has 2 fully saturated rings. The predicted octanol–water partition coefficient (Wildman–Crippen LogP) is 3.00. The van der Waals surface area contributed by atoms with Gasteiger partial charge in [-0.1, -0.05) is 30.3 Å². The normalized spacial score (nSPS) is 20.7. The van der Waals surface area contributed by atoms with Gasteiger partial charge in [-0.3, -0.25) is 9.69 Å². The first-order valence-electron chi connectivity index (χ1n) is 10.0. The lowest BCUT2D eigenvalue weighted by molar-refractivity contribution is -0.120. The van der Waals surface area contributed by atoms with Gasteiger partial charge in [-0.2, -0.15) is 5.10 Å². The van der Waals surface area contributed by atoms with Gasteiger partial charge < -0.3 is 10.6 Å². The highest BCUT2D eigenvalue weighted by Gasteiger charge is 2.28. The van der Waals surface area contributed by atoms with Crippen LogP contribution >= 0.6 is 12.4 Å². The lowest BCUT2D eigenvalue weighted by Gasteiger charge is -2.23. The highest BCUT2D eigenvalue weighted by atomic mass is 35.5. The van der Waals surface area contributed by atoms with Crippen molar-refractivity contribution in [1.29, 1.82) is 0 Å². The summed E-state index contributed by atoms with van der Waals surface area (Å²) in [5.74, 6) is 1.09. The van der Waals surface area contributed by atoms with Crippen molar-refractivity contribution in [3.8, 4) is 0 Å². The van der Waals surface area contributed by atoms with Gasteiger partial charge in [0.1, 0.15) is 5.82 Å². The van der Waals surface area contributed by atoms with E-state index >= 15 is 0 Å². The fourth-order valence-corrected chi connectivity index (χ4v) is 4.20. The van der Waals surface area contributed by atoms with Crippen molar-refractivity contribution in [2.75, 3.05) is 31.5 Å². The molecule has 2 N–H and O–H groups in total. The number of benzene rings is 1. The SMILES string of the molecule is Cc1cc(NC(=O)C2CCNCC2)n(C2CCN(Cc3ccccc3)C2)n1.Cl. The van der Waals surface area contributed by atoms with E-state index in [-0.39, 0.29) is 24.2 Å². The van der Waals surface area contributed by atoms with Crippen LogP contribution in [0.15, 0.2) is 36.4 Å². The third-order valence-corrected chi connectivity index (χ3v) is 5.66. The minimum absolute atomic E-state index is 0. The van der Waals surface area contributed by atoms with Gasteiger partial charge in [-0.25, -0.2) is 4.68 Å². The lowest BCUT2D eigenvalue weighted by Crippen LogP contribution is -2.35. The predicted molar refractivity (Wildman–Crippen MR) is 114 cm³/mol. The number of aryl methyl sites for hydroxylation is 1. The number of likely N-dealkylation sites (tertiary alicyclic amines) is 1. The summed E-state index contributed by atoms with van der Waals surface area (Å²) in [7, 11) is 0. The number of rotatable bonds is 5. The number of aromatic nitrogens is 2. The van der Waals surface area contributed by atoms with Gasteiger partial charge in [0.15, 0.2) is 0 Å². The molecule has 152 valence electrons. The Labute approximate surface area is 173 Å². The molecule has 1 amide bonds. The van der Waals surface area contributed by atoms with Gasteiger partial charge >= 0.3 is 0 Å². The maximum atomic E-state index is 12.7. The summed E-state index contributed by atoms with van der Waals surface area (Å²) in [6.45, 7) is 6.83. The van der Waals surface area contributed by atoms with Crippen LogP contribution in [-0.4, -0.2) is 46.8 Å². The Morgan fingerprint density at radius 2 is 1.96 bits per heavy atom. The fourth-order valence-electron chi connectivity index (χ4n) is 4.20. The molecule has 0 saturated carbocycles. The van der Waals surface area contributed by atoms with Gasteiger partial charge in [-0.15, -0.1) is 12.4 Å². The molecule has 1 aromatic carbocycles. The van der Waals surface area contributed by atoms with E-state index in [1.807, 2.05) is 17.7 Å². The van der Waals surface area contributed by atoms with Crippen molar-refractivity contribution in [3.05, 3.63) is 47.7 Å². The van der Waals surface area contributed by atoms with Crippen LogP contribution in [0.3, 0.4) is 0 Å². The van der Waals surface area contributed by atoms with E-state index in [0.717, 1.165) is 63.5 Å². The zero-order valence-corrected chi connectivity index (χ0v) is 17.3. The number of anilines is 1. The van der Waals surface area contributed by atoms with E-state index in [1.165, 1.54) is 5.56 Å². The zero-order chi connectivity index (χ0) is 18.6. The summed E-state index contributed by atoms with van der Waals surface area (Å²) in [5, 5.41) is 11.2. The number of piperidine rings is 1. The molecule has 6 nitrogen and oxygen atoms in total. The topological polar surface area (TPSA) is 62.2 Å². The molecule has 28 heavy (non-hydrogen) atoms. The largest absolute Gasteiger partial charge is 0.317 e. The number of nitrogens with zero attached hydrogens (tertiary/aromatic N) is 3. The van der Waals surface area contributed by atoms with Crippen LogP contribution < -0.4 is 10.6 Å². The number of hydrogen-bond donors (Lipinski definition) is 2. The highest BCUT2D eigenvalue weighted by molar-refractivity contribution is 5.91. The molecule has 2 aliphatic heterocycles. The average molecular weight is 404 g/mol. The molecule has 1 unspecified atom stereocenters. The van der Waals surface area contributed by atoms with Crippen molar-refractivity contribution in [2.45, 2.75) is 38.8 Å². The summed E-state index contributed by atoms with van der Waals surface area (Å²) in [6, 6.07) is 12.9. The second kappa shape index (κ2) is 9.54. The van der Waals surface area contributed by atoms with Gasteiger partial charge in [0, 0.05) is 31.6 Å². The summed E-state index contributed by atoms with van der Waals surface area (Å²) in [5.41, 5.74) is 2.30. The van der Waals surface area contributed by atoms with E-state index in [2.05, 4.69) is 45.9 Å². The minimum atomic E-state index is 0. The van der Waals surface area contributed by atoms with Crippen molar-refractivity contribution in [3.63, 3.8) is 0 Å². The second-order valence-electron chi connectivity index (χ2n) is 7.79. The maximum absolute atomic E-state index is 12.7. The number of nitrogens with one attached hydrogen (secondary N) is 2. The van der Waals surface area contributed by atoms with Crippen molar-refractivity contribution in [1.82, 2.24) is 20.0 Å². The van der Waals surface area contributed by atoms with E-state index in [0.29, 0.717) is 6.04 Å². The second-order valence-corrected chi connectivity index (χ2v) is 7.79. The van der Waals surface area contributed by atoms with Crippen LogP contribution in [0.4, 0.5) is 5.82 Å². The summed E-state index contributed by atoms with van der Waals surface area (Å²) in [4.78, 5) is 15.1. The molecule has 0 aliphatic carbocycles. The number of carbonyl (C=O) groups is 1. The van der Waals surface area contributed by atoms with Gasteiger partial charge in [0.05, 0.1) is 11.7 Å². The van der Waals surface area contributed by atoms with Crippen LogP contribution in [-0.2, 0) is 11.3 Å². The monoisotopic (exact) mass is 403 g/mol. The standard InChI is InChI=1S/C21H29N5O.ClH/c1-16-13-20(23-21(27)18-7-10-22-11-8-18)26(24-16)19-9-12-25(15-19)14-17-5-3-2-4-6-17;/h2-6,13,18-19,22H,7-12,14-15H2,1H3,(H,23,27);1H. The Morgan fingerprint density at radius 3 is 2.71 bits per heavy atom. The number of carbonyl (C=O) groups excluding carboxylic acids is 1. The van der Waals surface area contributed by atoms with Gasteiger partial charge in [0.25, 0.3) is 0 Å². The summed E-state index contributed by atoms with van der Waals surface area (Å²) in [6.07, 6.45) is 2.88. The molecule has 2 aromatic rings. The third kappa shape index (κ3) is 4.93. The molecule has 3 heterocycles. The van der Waals surface area contributed by atoms with Crippen LogP contribution in [0.1, 0.15) is 36.6 Å². The summed E-state index contributed by atoms with van der Waals surface area (Å²) >= 11 is 0. The van der Waals surface area contributed by atoms with Crippen LogP contribution in [0.2, 0.25) is 0 Å². The fraction of sp³-hybridized carbons (Fsp3) is 0.524. The Kier molecular flexibility index (Phi) is 7.10. The van der Waals surface area contributed by atoms with E-state index in [9.17, 15) is 4.79 Å². The molecular weight excluding hydrogens is 374 g/mol. The molecule has 7 heteroatoms. The molecule has 1 atom stereocenters. The quantitative estimate of drug-likeness (QED) is 0.805. The Balaban J connectivity index is 0.00000225. The highest BCUT2D eigenvalue weighted by Crippen LogP contribution is 2.27. The first kappa shape index (κ1) is 20.8. The molecule has 2 aliphatic rings. The van der Waals surface area contributed by atoms with Crippen LogP contribution in [0.25, 0.3) is 0 Å². The first-order valence-corrected chi connectivity index (χ1v) is 10.0. The Morgan fingerprint density at radius 1 is 1.21 bits per heavy atom. The smallest absolute Gasteiger partial charge is 0.228 e. The van der Waals surface area contributed by atoms with E-state index < -0.39 is 0 Å². The minimum Gasteiger partial charge on any atom is -0.317 e. The molecule has 0 radical (unpaired) electrons. The summed E-state index contributed by atoms with van der Waals surface area (Å²) < 4.78 is 2.04. The lowest BCUT2D eigenvalue weighted by atomic mass is 9.97. The number of amides is 1.